The first-order chi connectivity index (χ1) is 7.85. The number of hydrogen-bond donors (Lipinski definition) is 1. The van der Waals surface area contributed by atoms with Crippen LogP contribution in [-0.2, 0) is 6.61 Å². The SMILES string of the molecule is CCC1CCCCN1c1cccc(CO)n1. The van der Waals surface area contributed by atoms with Crippen LogP contribution in [0.5, 0.6) is 0 Å². The van der Waals surface area contributed by atoms with Gasteiger partial charge in [-0.25, -0.2) is 4.98 Å². The van der Waals surface area contributed by atoms with Crippen LogP contribution in [0, 0.1) is 0 Å². The lowest BCUT2D eigenvalue weighted by Crippen LogP contribution is -2.39. The third-order valence-electron chi connectivity index (χ3n) is 3.35. The average molecular weight is 220 g/mol. The molecule has 1 aliphatic rings. The van der Waals surface area contributed by atoms with Crippen LogP contribution in [0.3, 0.4) is 0 Å². The molecule has 0 bridgehead atoms. The fourth-order valence-corrected chi connectivity index (χ4v) is 2.44. The van der Waals surface area contributed by atoms with Gasteiger partial charge >= 0.3 is 0 Å². The topological polar surface area (TPSA) is 36.4 Å². The summed E-state index contributed by atoms with van der Waals surface area (Å²) in [5.74, 6) is 1.03. The molecule has 1 aromatic heterocycles. The second kappa shape index (κ2) is 5.30. The number of piperidine rings is 1. The molecule has 1 fully saturated rings. The zero-order valence-corrected chi connectivity index (χ0v) is 9.89. The molecule has 1 saturated heterocycles. The zero-order chi connectivity index (χ0) is 11.4. The van der Waals surface area contributed by atoms with Gasteiger partial charge in [0.1, 0.15) is 5.82 Å². The summed E-state index contributed by atoms with van der Waals surface area (Å²) >= 11 is 0. The number of aliphatic hydroxyl groups is 1. The fraction of sp³-hybridized carbons (Fsp3) is 0.615. The van der Waals surface area contributed by atoms with Crippen molar-refractivity contribution in [3.05, 3.63) is 23.9 Å². The highest BCUT2D eigenvalue weighted by Gasteiger charge is 2.21. The normalized spacial score (nSPS) is 21.1. The second-order valence-electron chi connectivity index (χ2n) is 4.40. The van der Waals surface area contributed by atoms with Gasteiger partial charge in [-0.15, -0.1) is 0 Å². The molecule has 1 N–H and O–H groups in total. The van der Waals surface area contributed by atoms with Crippen LogP contribution in [0.1, 0.15) is 38.3 Å². The first-order valence-electron chi connectivity index (χ1n) is 6.18. The van der Waals surface area contributed by atoms with Crippen LogP contribution in [0.2, 0.25) is 0 Å². The van der Waals surface area contributed by atoms with Gasteiger partial charge in [0.2, 0.25) is 0 Å². The predicted octanol–water partition coefficient (Wildman–Crippen LogP) is 2.34. The number of aliphatic hydroxyl groups excluding tert-OH is 1. The van der Waals surface area contributed by atoms with E-state index in [-0.39, 0.29) is 6.61 Å². The molecule has 0 aromatic carbocycles. The summed E-state index contributed by atoms with van der Waals surface area (Å²) in [7, 11) is 0. The van der Waals surface area contributed by atoms with Gasteiger partial charge in [-0.2, -0.15) is 0 Å². The molecule has 1 aromatic rings. The van der Waals surface area contributed by atoms with Crippen molar-refractivity contribution >= 4 is 5.82 Å². The smallest absolute Gasteiger partial charge is 0.129 e. The quantitative estimate of drug-likeness (QED) is 0.849. The van der Waals surface area contributed by atoms with E-state index in [1.165, 1.54) is 25.7 Å². The zero-order valence-electron chi connectivity index (χ0n) is 9.89. The van der Waals surface area contributed by atoms with E-state index in [2.05, 4.69) is 16.8 Å². The third kappa shape index (κ3) is 2.35. The molecule has 2 heterocycles. The minimum atomic E-state index is 0.0263. The second-order valence-corrected chi connectivity index (χ2v) is 4.40. The number of rotatable bonds is 3. The predicted molar refractivity (Wildman–Crippen MR) is 65.4 cm³/mol. The van der Waals surface area contributed by atoms with Crippen molar-refractivity contribution in [2.75, 3.05) is 11.4 Å². The fourth-order valence-electron chi connectivity index (χ4n) is 2.44. The number of pyridine rings is 1. The van der Waals surface area contributed by atoms with Gasteiger partial charge in [-0.3, -0.25) is 0 Å². The number of nitrogens with zero attached hydrogens (tertiary/aromatic N) is 2. The molecule has 1 atom stereocenters. The van der Waals surface area contributed by atoms with Gasteiger partial charge in [0.05, 0.1) is 12.3 Å². The maximum absolute atomic E-state index is 9.10. The maximum Gasteiger partial charge on any atom is 0.129 e. The Hall–Kier alpha value is -1.09. The molecule has 0 amide bonds. The van der Waals surface area contributed by atoms with Crippen molar-refractivity contribution in [1.82, 2.24) is 4.98 Å². The summed E-state index contributed by atoms with van der Waals surface area (Å²) < 4.78 is 0. The minimum absolute atomic E-state index is 0.0263. The maximum atomic E-state index is 9.10. The van der Waals surface area contributed by atoms with E-state index in [0.29, 0.717) is 6.04 Å². The standard InChI is InChI=1S/C13H20N2O/c1-2-12-7-3-4-9-15(12)13-8-5-6-11(10-16)14-13/h5-6,8,12,16H,2-4,7,9-10H2,1H3. The summed E-state index contributed by atoms with van der Waals surface area (Å²) in [6, 6.07) is 6.52. The van der Waals surface area contributed by atoms with Gasteiger partial charge in [0.25, 0.3) is 0 Å². The van der Waals surface area contributed by atoms with Crippen LogP contribution in [0.15, 0.2) is 18.2 Å². The molecule has 3 heteroatoms. The number of hydrogen-bond acceptors (Lipinski definition) is 3. The molecule has 1 aliphatic heterocycles. The van der Waals surface area contributed by atoms with Crippen LogP contribution in [0.25, 0.3) is 0 Å². The Labute approximate surface area is 97.1 Å². The summed E-state index contributed by atoms with van der Waals surface area (Å²) in [4.78, 5) is 6.88. The molecular formula is C13H20N2O. The molecule has 16 heavy (non-hydrogen) atoms. The Kier molecular flexibility index (Phi) is 3.78. The van der Waals surface area contributed by atoms with Crippen molar-refractivity contribution in [2.24, 2.45) is 0 Å². The Morgan fingerprint density at radius 1 is 1.44 bits per heavy atom. The van der Waals surface area contributed by atoms with Crippen LogP contribution < -0.4 is 4.90 Å². The summed E-state index contributed by atoms with van der Waals surface area (Å²) in [6.07, 6.45) is 5.02. The average Bonchev–Trinajstić information content (AvgIpc) is 2.38. The van der Waals surface area contributed by atoms with E-state index in [9.17, 15) is 0 Å². The Morgan fingerprint density at radius 2 is 2.31 bits per heavy atom. The Balaban J connectivity index is 2.20. The molecule has 88 valence electrons. The van der Waals surface area contributed by atoms with E-state index in [1.807, 2.05) is 18.2 Å². The summed E-state index contributed by atoms with van der Waals surface area (Å²) in [6.45, 7) is 3.36. The monoisotopic (exact) mass is 220 g/mol. The van der Waals surface area contributed by atoms with Gasteiger partial charge in [-0.1, -0.05) is 13.0 Å². The third-order valence-corrected chi connectivity index (χ3v) is 3.35. The summed E-state index contributed by atoms with van der Waals surface area (Å²) in [5.41, 5.74) is 0.762. The first kappa shape index (κ1) is 11.4. The van der Waals surface area contributed by atoms with E-state index in [1.54, 1.807) is 0 Å². The van der Waals surface area contributed by atoms with Gasteiger partial charge in [0.15, 0.2) is 0 Å². The highest BCUT2D eigenvalue weighted by molar-refractivity contribution is 5.41. The van der Waals surface area contributed by atoms with Crippen molar-refractivity contribution in [2.45, 2.75) is 45.3 Å². The minimum Gasteiger partial charge on any atom is -0.390 e. The van der Waals surface area contributed by atoms with Crippen LogP contribution in [0.4, 0.5) is 5.82 Å². The number of aromatic nitrogens is 1. The van der Waals surface area contributed by atoms with E-state index in [4.69, 9.17) is 5.11 Å². The highest BCUT2D eigenvalue weighted by Crippen LogP contribution is 2.24. The number of anilines is 1. The molecule has 1 unspecified atom stereocenters. The largest absolute Gasteiger partial charge is 0.390 e. The van der Waals surface area contributed by atoms with Gasteiger partial charge in [-0.05, 0) is 37.8 Å². The van der Waals surface area contributed by atoms with E-state index >= 15 is 0 Å². The van der Waals surface area contributed by atoms with Crippen molar-refractivity contribution in [3.8, 4) is 0 Å². The van der Waals surface area contributed by atoms with Crippen LogP contribution >= 0.6 is 0 Å². The molecule has 0 radical (unpaired) electrons. The molecule has 0 saturated carbocycles. The van der Waals surface area contributed by atoms with Crippen LogP contribution in [-0.4, -0.2) is 22.7 Å². The molecule has 0 spiro atoms. The van der Waals surface area contributed by atoms with Crippen molar-refractivity contribution < 1.29 is 5.11 Å². The first-order valence-corrected chi connectivity index (χ1v) is 6.18. The Morgan fingerprint density at radius 3 is 3.06 bits per heavy atom. The van der Waals surface area contributed by atoms with Gasteiger partial charge in [0, 0.05) is 12.6 Å². The lowest BCUT2D eigenvalue weighted by molar-refractivity contribution is 0.276. The van der Waals surface area contributed by atoms with E-state index < -0.39 is 0 Å². The lowest BCUT2D eigenvalue weighted by Gasteiger charge is -2.36. The lowest BCUT2D eigenvalue weighted by atomic mass is 10.00. The van der Waals surface area contributed by atoms with Crippen molar-refractivity contribution in [3.63, 3.8) is 0 Å². The van der Waals surface area contributed by atoms with Crippen molar-refractivity contribution in [1.29, 1.82) is 0 Å². The molecular weight excluding hydrogens is 200 g/mol. The molecule has 2 rings (SSSR count). The Bertz CT molecular complexity index is 340. The van der Waals surface area contributed by atoms with Gasteiger partial charge < -0.3 is 10.0 Å². The highest BCUT2D eigenvalue weighted by atomic mass is 16.3. The molecule has 0 aliphatic carbocycles. The van der Waals surface area contributed by atoms with E-state index in [0.717, 1.165) is 18.1 Å². The summed E-state index contributed by atoms with van der Waals surface area (Å²) in [5, 5.41) is 9.10. The molecule has 3 nitrogen and oxygen atoms in total.